The lowest BCUT2D eigenvalue weighted by atomic mass is 10.1. The molecule has 5 nitrogen and oxygen atoms in total. The molecular formula is C20H22N4OS. The summed E-state index contributed by atoms with van der Waals surface area (Å²) in [6.45, 7) is 6.85. The minimum atomic E-state index is -0.0487. The van der Waals surface area contributed by atoms with Crippen molar-refractivity contribution in [2.45, 2.75) is 32.5 Å². The molecule has 0 spiro atoms. The Morgan fingerprint density at radius 2 is 1.73 bits per heavy atom. The molecule has 0 radical (unpaired) electrons. The molecule has 0 unspecified atom stereocenters. The summed E-state index contributed by atoms with van der Waals surface area (Å²) in [6, 6.07) is 15.9. The van der Waals surface area contributed by atoms with E-state index >= 15 is 0 Å². The van der Waals surface area contributed by atoms with E-state index in [1.807, 2.05) is 54.0 Å². The number of nitrogens with one attached hydrogen (secondary N) is 1. The molecule has 0 bridgehead atoms. The van der Waals surface area contributed by atoms with Crippen LogP contribution in [0.15, 0.2) is 53.7 Å². The number of amides is 1. The zero-order valence-corrected chi connectivity index (χ0v) is 16.0. The Labute approximate surface area is 157 Å². The van der Waals surface area contributed by atoms with E-state index in [2.05, 4.69) is 35.4 Å². The number of hydrogen-bond acceptors (Lipinski definition) is 4. The fourth-order valence-corrected chi connectivity index (χ4v) is 3.54. The van der Waals surface area contributed by atoms with Crippen LogP contribution in [0.4, 0.5) is 5.69 Å². The average molecular weight is 366 g/mol. The van der Waals surface area contributed by atoms with E-state index in [1.165, 1.54) is 11.8 Å². The van der Waals surface area contributed by atoms with E-state index in [0.717, 1.165) is 39.9 Å². The van der Waals surface area contributed by atoms with Crippen LogP contribution in [0.25, 0.3) is 11.4 Å². The van der Waals surface area contributed by atoms with E-state index < -0.39 is 0 Å². The highest BCUT2D eigenvalue weighted by atomic mass is 32.2. The molecule has 0 fully saturated rings. The Bertz CT molecular complexity index is 920. The second-order valence-electron chi connectivity index (χ2n) is 6.02. The van der Waals surface area contributed by atoms with Crippen molar-refractivity contribution < 1.29 is 4.79 Å². The van der Waals surface area contributed by atoms with Gasteiger partial charge in [0.1, 0.15) is 0 Å². The van der Waals surface area contributed by atoms with Crippen LogP contribution in [-0.2, 0) is 11.3 Å². The summed E-state index contributed by atoms with van der Waals surface area (Å²) in [5.74, 6) is 1.08. The van der Waals surface area contributed by atoms with E-state index in [0.29, 0.717) is 5.75 Å². The summed E-state index contributed by atoms with van der Waals surface area (Å²) in [5.41, 5.74) is 4.11. The van der Waals surface area contributed by atoms with Gasteiger partial charge in [-0.15, -0.1) is 10.2 Å². The third kappa shape index (κ3) is 3.96. The molecule has 0 aliphatic carbocycles. The van der Waals surface area contributed by atoms with Gasteiger partial charge in [-0.25, -0.2) is 0 Å². The van der Waals surface area contributed by atoms with Crippen molar-refractivity contribution in [3.05, 3.63) is 59.7 Å². The van der Waals surface area contributed by atoms with Gasteiger partial charge in [-0.05, 0) is 38.0 Å². The highest BCUT2D eigenvalue weighted by molar-refractivity contribution is 7.99. The summed E-state index contributed by atoms with van der Waals surface area (Å²) in [6.07, 6.45) is 0. The molecule has 6 heteroatoms. The number of carbonyl (C=O) groups excluding carboxylic acids is 1. The maximum Gasteiger partial charge on any atom is 0.234 e. The second-order valence-corrected chi connectivity index (χ2v) is 6.96. The highest BCUT2D eigenvalue weighted by Crippen LogP contribution is 2.26. The minimum Gasteiger partial charge on any atom is -0.325 e. The van der Waals surface area contributed by atoms with Gasteiger partial charge in [-0.2, -0.15) is 0 Å². The maximum absolute atomic E-state index is 12.3. The topological polar surface area (TPSA) is 59.8 Å². The molecule has 0 saturated carbocycles. The molecule has 3 rings (SSSR count). The van der Waals surface area contributed by atoms with E-state index in [9.17, 15) is 4.79 Å². The Morgan fingerprint density at radius 3 is 2.42 bits per heavy atom. The zero-order valence-electron chi connectivity index (χ0n) is 15.2. The number of hydrogen-bond donors (Lipinski definition) is 1. The highest BCUT2D eigenvalue weighted by Gasteiger charge is 2.16. The third-order valence-corrected chi connectivity index (χ3v) is 5.14. The Hall–Kier alpha value is -2.60. The first-order chi connectivity index (χ1) is 12.6. The number of anilines is 1. The number of thioether (sulfide) groups is 1. The fraction of sp³-hybridized carbons (Fsp3) is 0.250. The van der Waals surface area contributed by atoms with Crippen LogP contribution in [0, 0.1) is 13.8 Å². The molecule has 0 saturated heterocycles. The smallest absolute Gasteiger partial charge is 0.234 e. The van der Waals surface area contributed by atoms with Crippen LogP contribution in [-0.4, -0.2) is 26.4 Å². The van der Waals surface area contributed by atoms with Gasteiger partial charge in [0.05, 0.1) is 5.75 Å². The summed E-state index contributed by atoms with van der Waals surface area (Å²) >= 11 is 1.40. The van der Waals surface area contributed by atoms with Gasteiger partial charge in [0, 0.05) is 17.8 Å². The lowest BCUT2D eigenvalue weighted by Crippen LogP contribution is -2.15. The van der Waals surface area contributed by atoms with Crippen LogP contribution in [0.3, 0.4) is 0 Å². The number of aryl methyl sites for hydroxylation is 2. The van der Waals surface area contributed by atoms with Crippen LogP contribution < -0.4 is 5.32 Å². The van der Waals surface area contributed by atoms with E-state index in [4.69, 9.17) is 0 Å². The number of aromatic nitrogens is 3. The normalized spacial score (nSPS) is 10.7. The van der Waals surface area contributed by atoms with Gasteiger partial charge in [0.15, 0.2) is 11.0 Å². The molecule has 1 heterocycles. The van der Waals surface area contributed by atoms with Gasteiger partial charge in [0.25, 0.3) is 0 Å². The van der Waals surface area contributed by atoms with Crippen molar-refractivity contribution >= 4 is 23.4 Å². The van der Waals surface area contributed by atoms with Crippen LogP contribution in [0.1, 0.15) is 18.1 Å². The van der Waals surface area contributed by atoms with Gasteiger partial charge in [0.2, 0.25) is 5.91 Å². The van der Waals surface area contributed by atoms with Crippen molar-refractivity contribution in [2.75, 3.05) is 11.1 Å². The summed E-state index contributed by atoms with van der Waals surface area (Å²) in [7, 11) is 0. The van der Waals surface area contributed by atoms with E-state index in [1.54, 1.807) is 0 Å². The van der Waals surface area contributed by atoms with Crippen molar-refractivity contribution in [1.29, 1.82) is 0 Å². The number of rotatable bonds is 6. The van der Waals surface area contributed by atoms with Crippen LogP contribution in [0.2, 0.25) is 0 Å². The fourth-order valence-electron chi connectivity index (χ4n) is 2.73. The summed E-state index contributed by atoms with van der Waals surface area (Å²) in [5, 5.41) is 12.4. The molecule has 0 aliphatic heterocycles. The monoisotopic (exact) mass is 366 g/mol. The molecule has 134 valence electrons. The van der Waals surface area contributed by atoms with Gasteiger partial charge < -0.3 is 9.88 Å². The molecule has 0 aliphatic rings. The van der Waals surface area contributed by atoms with Crippen molar-refractivity contribution in [3.8, 4) is 11.4 Å². The van der Waals surface area contributed by atoms with Crippen LogP contribution >= 0.6 is 11.8 Å². The number of para-hydroxylation sites is 1. The summed E-state index contributed by atoms with van der Waals surface area (Å²) < 4.78 is 2.05. The Kier molecular flexibility index (Phi) is 5.73. The Balaban J connectivity index is 1.72. The van der Waals surface area contributed by atoms with Gasteiger partial charge in [-0.3, -0.25) is 4.79 Å². The molecule has 1 aromatic heterocycles. The minimum absolute atomic E-state index is 0.0487. The number of benzene rings is 2. The lowest BCUT2D eigenvalue weighted by Gasteiger charge is -2.10. The first-order valence-corrected chi connectivity index (χ1v) is 9.56. The van der Waals surface area contributed by atoms with Crippen molar-refractivity contribution in [1.82, 2.24) is 14.8 Å². The molecule has 2 aromatic carbocycles. The summed E-state index contributed by atoms with van der Waals surface area (Å²) in [4.78, 5) is 12.3. The SMILES string of the molecule is CCn1c(SCC(=O)Nc2ccccc2C)nnc1-c1ccccc1C. The van der Waals surface area contributed by atoms with E-state index in [-0.39, 0.29) is 5.91 Å². The van der Waals surface area contributed by atoms with Crippen molar-refractivity contribution in [2.24, 2.45) is 0 Å². The molecular weight excluding hydrogens is 344 g/mol. The van der Waals surface area contributed by atoms with Crippen LogP contribution in [0.5, 0.6) is 0 Å². The number of nitrogens with zero attached hydrogens (tertiary/aromatic N) is 3. The first-order valence-electron chi connectivity index (χ1n) is 8.57. The molecule has 1 N–H and O–H groups in total. The average Bonchev–Trinajstić information content (AvgIpc) is 3.05. The molecule has 0 atom stereocenters. The first kappa shape index (κ1) is 18.2. The molecule has 1 amide bonds. The standard InChI is InChI=1S/C20H22N4OS/c1-4-24-19(16-11-7-5-9-14(16)2)22-23-20(24)26-13-18(25)21-17-12-8-6-10-15(17)3/h5-12H,4,13H2,1-3H3,(H,21,25). The Morgan fingerprint density at radius 1 is 1.04 bits per heavy atom. The zero-order chi connectivity index (χ0) is 18.5. The number of carbonyl (C=O) groups is 1. The van der Waals surface area contributed by atoms with Gasteiger partial charge in [-0.1, -0.05) is 54.2 Å². The van der Waals surface area contributed by atoms with Gasteiger partial charge >= 0.3 is 0 Å². The molecule has 26 heavy (non-hydrogen) atoms. The second kappa shape index (κ2) is 8.19. The van der Waals surface area contributed by atoms with Crippen molar-refractivity contribution in [3.63, 3.8) is 0 Å². The predicted molar refractivity (Wildman–Crippen MR) is 106 cm³/mol. The quantitative estimate of drug-likeness (QED) is 0.660. The molecule has 3 aromatic rings. The maximum atomic E-state index is 12.3. The predicted octanol–water partition coefficient (Wildman–Crippen LogP) is 4.31. The third-order valence-electron chi connectivity index (χ3n) is 4.17. The largest absolute Gasteiger partial charge is 0.325 e. The lowest BCUT2D eigenvalue weighted by molar-refractivity contribution is -0.113.